The Bertz CT molecular complexity index is 1020. The minimum atomic E-state index is -3.75. The van der Waals surface area contributed by atoms with Crippen LogP contribution < -0.4 is 5.32 Å². The number of morpholine rings is 1. The molecular formula is C20H21ClN2O6S. The van der Waals surface area contributed by atoms with Gasteiger partial charge in [-0.1, -0.05) is 17.7 Å². The molecule has 1 fully saturated rings. The fraction of sp³-hybridized carbons (Fsp3) is 0.300. The molecule has 1 aliphatic rings. The van der Waals surface area contributed by atoms with Gasteiger partial charge < -0.3 is 14.8 Å². The van der Waals surface area contributed by atoms with E-state index in [1.165, 1.54) is 35.5 Å². The number of hydrogen-bond donors (Lipinski definition) is 1. The number of ether oxygens (including phenoxy) is 2. The Hall–Kier alpha value is -2.46. The smallest absolute Gasteiger partial charge is 0.338 e. The van der Waals surface area contributed by atoms with Crippen LogP contribution >= 0.6 is 11.6 Å². The van der Waals surface area contributed by atoms with Gasteiger partial charge in [-0.2, -0.15) is 4.31 Å². The van der Waals surface area contributed by atoms with E-state index in [9.17, 15) is 18.0 Å². The zero-order valence-electron chi connectivity index (χ0n) is 16.2. The highest BCUT2D eigenvalue weighted by Crippen LogP contribution is 2.19. The van der Waals surface area contributed by atoms with E-state index in [0.29, 0.717) is 23.9 Å². The van der Waals surface area contributed by atoms with Gasteiger partial charge in [0, 0.05) is 23.8 Å². The summed E-state index contributed by atoms with van der Waals surface area (Å²) in [6, 6.07) is 12.0. The number of hydrogen-bond acceptors (Lipinski definition) is 6. The van der Waals surface area contributed by atoms with Gasteiger partial charge in [0.2, 0.25) is 10.0 Å². The number of sulfonamides is 1. The molecule has 1 N–H and O–H groups in total. The number of nitrogens with one attached hydrogen (secondary N) is 1. The second kappa shape index (κ2) is 9.57. The van der Waals surface area contributed by atoms with Gasteiger partial charge in [0.15, 0.2) is 6.10 Å². The minimum Gasteiger partial charge on any atom is -0.449 e. The average molecular weight is 453 g/mol. The molecule has 0 saturated carbocycles. The van der Waals surface area contributed by atoms with Gasteiger partial charge in [0.05, 0.1) is 23.7 Å². The van der Waals surface area contributed by atoms with Crippen LogP contribution in [0, 0.1) is 0 Å². The number of benzene rings is 2. The van der Waals surface area contributed by atoms with Crippen LogP contribution in [0.5, 0.6) is 0 Å². The lowest BCUT2D eigenvalue weighted by Gasteiger charge is -2.26. The molecule has 160 valence electrons. The fourth-order valence-corrected chi connectivity index (χ4v) is 4.36. The van der Waals surface area contributed by atoms with Crippen molar-refractivity contribution >= 4 is 39.2 Å². The van der Waals surface area contributed by atoms with Crippen molar-refractivity contribution in [3.05, 3.63) is 59.1 Å². The maximum absolute atomic E-state index is 12.8. The molecule has 0 radical (unpaired) electrons. The monoisotopic (exact) mass is 452 g/mol. The lowest BCUT2D eigenvalue weighted by molar-refractivity contribution is -0.123. The SMILES string of the molecule is CC(OC(=O)c1cccc(S(=O)(=O)N2CCOCC2)c1)C(=O)Nc1ccc(Cl)cc1. The molecule has 1 atom stereocenters. The number of carbonyl (C=O) groups excluding carboxylic acids is 2. The van der Waals surface area contributed by atoms with Crippen LogP contribution in [-0.2, 0) is 24.3 Å². The quantitative estimate of drug-likeness (QED) is 0.676. The summed E-state index contributed by atoms with van der Waals surface area (Å²) in [5.41, 5.74) is 0.543. The molecule has 1 aliphatic heterocycles. The van der Waals surface area contributed by atoms with E-state index in [-0.39, 0.29) is 23.5 Å². The summed E-state index contributed by atoms with van der Waals surface area (Å²) in [6.07, 6.45) is -1.09. The summed E-state index contributed by atoms with van der Waals surface area (Å²) in [5.74, 6) is -1.32. The molecule has 1 amide bonds. The summed E-state index contributed by atoms with van der Waals surface area (Å²) in [5, 5.41) is 3.14. The maximum atomic E-state index is 12.8. The van der Waals surface area contributed by atoms with Crippen molar-refractivity contribution in [2.45, 2.75) is 17.9 Å². The molecule has 0 aromatic heterocycles. The molecule has 1 unspecified atom stereocenters. The first-order chi connectivity index (χ1) is 14.3. The Morgan fingerprint density at radius 1 is 1.13 bits per heavy atom. The third-order valence-corrected chi connectivity index (χ3v) is 6.59. The number of halogens is 1. The van der Waals surface area contributed by atoms with Gasteiger partial charge in [-0.25, -0.2) is 13.2 Å². The molecule has 0 bridgehead atoms. The standard InChI is InChI=1S/C20H21ClN2O6S/c1-14(19(24)22-17-7-5-16(21)6-8-17)29-20(25)15-3-2-4-18(13-15)30(26,27)23-9-11-28-12-10-23/h2-8,13-14H,9-12H2,1H3,(H,22,24). The van der Waals surface area contributed by atoms with Crippen molar-refractivity contribution in [1.82, 2.24) is 4.31 Å². The van der Waals surface area contributed by atoms with Gasteiger partial charge in [-0.3, -0.25) is 4.79 Å². The second-order valence-electron chi connectivity index (χ2n) is 6.59. The van der Waals surface area contributed by atoms with E-state index < -0.39 is 28.0 Å². The lowest BCUT2D eigenvalue weighted by Crippen LogP contribution is -2.40. The molecule has 2 aromatic carbocycles. The van der Waals surface area contributed by atoms with E-state index >= 15 is 0 Å². The van der Waals surface area contributed by atoms with Gasteiger partial charge in [0.25, 0.3) is 5.91 Å². The predicted octanol–water partition coefficient (Wildman–Crippen LogP) is 2.54. The molecule has 2 aromatic rings. The number of nitrogens with zero attached hydrogens (tertiary/aromatic N) is 1. The first kappa shape index (κ1) is 22.2. The highest BCUT2D eigenvalue weighted by molar-refractivity contribution is 7.89. The largest absolute Gasteiger partial charge is 0.449 e. The van der Waals surface area contributed by atoms with Crippen LogP contribution in [-0.4, -0.2) is 57.0 Å². The van der Waals surface area contributed by atoms with Crippen molar-refractivity contribution in [3.8, 4) is 0 Å². The Balaban J connectivity index is 1.67. The van der Waals surface area contributed by atoms with E-state index in [1.807, 2.05) is 0 Å². The van der Waals surface area contributed by atoms with Gasteiger partial charge in [-0.05, 0) is 49.4 Å². The van der Waals surface area contributed by atoms with Crippen LogP contribution in [0.15, 0.2) is 53.4 Å². The number of carbonyl (C=O) groups is 2. The summed E-state index contributed by atoms with van der Waals surface area (Å²) < 4.78 is 37.2. The van der Waals surface area contributed by atoms with Crippen molar-refractivity contribution in [1.29, 1.82) is 0 Å². The van der Waals surface area contributed by atoms with Crippen LogP contribution in [0.3, 0.4) is 0 Å². The molecule has 3 rings (SSSR count). The second-order valence-corrected chi connectivity index (χ2v) is 8.96. The van der Waals surface area contributed by atoms with Crippen LogP contribution in [0.2, 0.25) is 5.02 Å². The van der Waals surface area contributed by atoms with Gasteiger partial charge >= 0.3 is 5.97 Å². The maximum Gasteiger partial charge on any atom is 0.338 e. The van der Waals surface area contributed by atoms with Crippen molar-refractivity contribution < 1.29 is 27.5 Å². The number of rotatable bonds is 6. The first-order valence-electron chi connectivity index (χ1n) is 9.23. The third kappa shape index (κ3) is 5.37. The van der Waals surface area contributed by atoms with Gasteiger partial charge in [-0.15, -0.1) is 0 Å². The number of amides is 1. The Morgan fingerprint density at radius 2 is 1.80 bits per heavy atom. The number of anilines is 1. The van der Waals surface area contributed by atoms with Crippen LogP contribution in [0.1, 0.15) is 17.3 Å². The van der Waals surface area contributed by atoms with Crippen molar-refractivity contribution in [2.75, 3.05) is 31.6 Å². The topological polar surface area (TPSA) is 102 Å². The molecular weight excluding hydrogens is 432 g/mol. The molecule has 8 nitrogen and oxygen atoms in total. The first-order valence-corrected chi connectivity index (χ1v) is 11.0. The molecule has 10 heteroatoms. The predicted molar refractivity (Wildman–Crippen MR) is 111 cm³/mol. The van der Waals surface area contributed by atoms with E-state index in [1.54, 1.807) is 24.3 Å². The van der Waals surface area contributed by atoms with Crippen molar-refractivity contribution in [3.63, 3.8) is 0 Å². The average Bonchev–Trinajstić information content (AvgIpc) is 2.76. The highest BCUT2D eigenvalue weighted by Gasteiger charge is 2.27. The zero-order valence-corrected chi connectivity index (χ0v) is 17.8. The van der Waals surface area contributed by atoms with Crippen LogP contribution in [0.4, 0.5) is 5.69 Å². The fourth-order valence-electron chi connectivity index (χ4n) is 2.78. The number of esters is 1. The summed E-state index contributed by atoms with van der Waals surface area (Å²) in [6.45, 7) is 2.57. The van der Waals surface area contributed by atoms with E-state index in [2.05, 4.69) is 5.32 Å². The summed E-state index contributed by atoms with van der Waals surface area (Å²) in [4.78, 5) is 24.7. The van der Waals surface area contributed by atoms with Gasteiger partial charge in [0.1, 0.15) is 0 Å². The van der Waals surface area contributed by atoms with E-state index in [0.717, 1.165) is 0 Å². The molecule has 1 heterocycles. The summed E-state index contributed by atoms with van der Waals surface area (Å²) >= 11 is 5.81. The lowest BCUT2D eigenvalue weighted by atomic mass is 10.2. The minimum absolute atomic E-state index is 0.0166. The zero-order chi connectivity index (χ0) is 21.7. The molecule has 0 aliphatic carbocycles. The molecule has 30 heavy (non-hydrogen) atoms. The third-order valence-electron chi connectivity index (χ3n) is 4.44. The highest BCUT2D eigenvalue weighted by atomic mass is 35.5. The molecule has 0 spiro atoms. The van der Waals surface area contributed by atoms with Crippen molar-refractivity contribution in [2.24, 2.45) is 0 Å². The summed E-state index contributed by atoms with van der Waals surface area (Å²) in [7, 11) is -3.75. The Kier molecular flexibility index (Phi) is 7.09. The molecule has 1 saturated heterocycles. The van der Waals surface area contributed by atoms with Crippen LogP contribution in [0.25, 0.3) is 0 Å². The normalized spacial score (nSPS) is 15.9. The Morgan fingerprint density at radius 3 is 2.47 bits per heavy atom. The van der Waals surface area contributed by atoms with E-state index in [4.69, 9.17) is 21.1 Å². The Labute approximate surface area is 179 Å².